The molecular formula is C54H101IN2O4S3Si2. The first kappa shape index (κ1) is 63.8. The van der Waals surface area contributed by atoms with Crippen molar-refractivity contribution in [2.24, 2.45) is 46.3 Å². The lowest BCUT2D eigenvalue weighted by atomic mass is 9.61. The quantitative estimate of drug-likeness (QED) is 0.0882. The zero-order valence-electron chi connectivity index (χ0n) is 42.2. The maximum atomic E-state index is 13.0. The number of halogens is 1. The Morgan fingerprint density at radius 2 is 1.00 bits per heavy atom. The van der Waals surface area contributed by atoms with Crippen LogP contribution in [0.3, 0.4) is 0 Å². The molecule has 4 aliphatic rings. The molecule has 2 N–H and O–H groups in total. The molecule has 0 unspecified atom stereocenters. The van der Waals surface area contributed by atoms with Crippen LogP contribution >= 0.6 is 36.1 Å². The minimum absolute atomic E-state index is 0. The van der Waals surface area contributed by atoms with Gasteiger partial charge in [-0.05, 0) is 165 Å². The highest BCUT2D eigenvalue weighted by molar-refractivity contribution is 14.1. The van der Waals surface area contributed by atoms with Gasteiger partial charge in [0.2, 0.25) is 0 Å². The Balaban J connectivity index is 0.000000543. The zero-order chi connectivity index (χ0) is 46.7. The monoisotopic (exact) mass is 1120 g/mol. The molecule has 6 nitrogen and oxygen atoms in total. The third-order valence-corrected chi connectivity index (χ3v) is 31.5. The van der Waals surface area contributed by atoms with Crippen molar-refractivity contribution >= 4 is 72.2 Å². The van der Waals surface area contributed by atoms with Gasteiger partial charge in [-0.25, -0.2) is 18.0 Å². The number of nitrogens with one attached hydrogen (secondary N) is 2. The van der Waals surface area contributed by atoms with Crippen LogP contribution in [0.25, 0.3) is 0 Å². The van der Waals surface area contributed by atoms with Crippen molar-refractivity contribution in [2.45, 2.75) is 213 Å². The summed E-state index contributed by atoms with van der Waals surface area (Å²) >= 11 is 2.59. The number of fused-ring (bicyclic) bond motifs is 2. The lowest BCUT2D eigenvalue weighted by Crippen LogP contribution is -2.48. The highest BCUT2D eigenvalue weighted by atomic mass is 127. The van der Waals surface area contributed by atoms with Gasteiger partial charge in [-0.1, -0.05) is 156 Å². The average molecular weight is 1120 g/mol. The molecular weight excluding hydrogens is 1020 g/mol. The van der Waals surface area contributed by atoms with Crippen molar-refractivity contribution in [1.29, 1.82) is 9.56 Å². The normalized spacial score (nSPS) is 29.7. The number of hydrogen-bond donors (Lipinski definition) is 2. The second-order valence-electron chi connectivity index (χ2n) is 20.9. The third-order valence-electron chi connectivity index (χ3n) is 17.7. The van der Waals surface area contributed by atoms with Gasteiger partial charge in [0.05, 0.1) is 19.5 Å². The van der Waals surface area contributed by atoms with Gasteiger partial charge >= 0.3 is 0 Å². The zero-order valence-corrected chi connectivity index (χ0v) is 48.9. The van der Waals surface area contributed by atoms with Crippen LogP contribution in [0.15, 0.2) is 70.5 Å². The Morgan fingerprint density at radius 3 is 1.33 bits per heavy atom. The van der Waals surface area contributed by atoms with Crippen LogP contribution in [0.2, 0.25) is 36.3 Å². The van der Waals surface area contributed by atoms with Crippen molar-refractivity contribution in [2.75, 3.05) is 16.4 Å². The summed E-state index contributed by atoms with van der Waals surface area (Å²) in [7, 11) is -8.24. The second kappa shape index (κ2) is 28.1. The first-order valence-corrected chi connectivity index (χ1v) is 35.6. The highest BCUT2D eigenvalue weighted by Crippen LogP contribution is 2.60. The molecule has 4 aliphatic carbocycles. The van der Waals surface area contributed by atoms with Gasteiger partial charge < -0.3 is 8.85 Å². The molecule has 2 aromatic carbocycles. The SMILES string of the molecule is C.C.CC[Si](CC)(CC)O[C@H]1CCC[C@]2(C)[C@@H]([C@H](C)CC[S@](=N)(=O)c3ccccc3)CC[C@@H]12.CC[Si](CC)(CC)O[C@H]1CCC[C@]2(C)[C@@H]([C@H](C)CI)CC[C@@H]12.C[S@](=N)(=O)c1ccccc1.S. The van der Waals surface area contributed by atoms with Crippen molar-refractivity contribution in [3.63, 3.8) is 0 Å². The molecule has 0 radical (unpaired) electrons. The Bertz CT molecular complexity index is 1870. The summed E-state index contributed by atoms with van der Waals surface area (Å²) in [6.45, 7) is 24.1. The summed E-state index contributed by atoms with van der Waals surface area (Å²) in [5.74, 6) is 4.98. The van der Waals surface area contributed by atoms with E-state index in [1.165, 1.54) is 111 Å². The summed E-state index contributed by atoms with van der Waals surface area (Å²) < 4.78 is 55.1. The maximum Gasteiger partial charge on any atom is 0.192 e. The minimum atomic E-state index is -2.70. The lowest BCUT2D eigenvalue weighted by molar-refractivity contribution is -0.0196. The summed E-state index contributed by atoms with van der Waals surface area (Å²) in [4.78, 5) is 1.28. The molecule has 4 fully saturated rings. The van der Waals surface area contributed by atoms with E-state index < -0.39 is 36.1 Å². The first-order valence-electron chi connectivity index (χ1n) is 25.3. The molecule has 2 aromatic rings. The van der Waals surface area contributed by atoms with Crippen LogP contribution in [-0.2, 0) is 28.3 Å². The topological polar surface area (TPSA) is 100 Å². The Morgan fingerprint density at radius 1 is 0.636 bits per heavy atom. The fourth-order valence-corrected chi connectivity index (χ4v) is 21.9. The number of rotatable bonds is 18. The summed E-state index contributed by atoms with van der Waals surface area (Å²) in [6, 6.07) is 25.8. The Hall–Kier alpha value is -0.226. The fourth-order valence-electron chi connectivity index (χ4n) is 13.2. The molecule has 0 saturated heterocycles. The predicted octanol–water partition coefficient (Wildman–Crippen LogP) is 17.5. The van der Waals surface area contributed by atoms with Crippen molar-refractivity contribution < 1.29 is 17.3 Å². The van der Waals surface area contributed by atoms with E-state index in [0.717, 1.165) is 24.2 Å². The van der Waals surface area contributed by atoms with Crippen LogP contribution < -0.4 is 0 Å². The van der Waals surface area contributed by atoms with E-state index in [2.05, 4.69) is 91.8 Å². The maximum absolute atomic E-state index is 13.0. The fraction of sp³-hybridized carbons (Fsp3) is 0.778. The van der Waals surface area contributed by atoms with Crippen LogP contribution in [-0.4, -0.2) is 53.7 Å². The minimum Gasteiger partial charge on any atom is -0.414 e. The van der Waals surface area contributed by atoms with E-state index >= 15 is 0 Å². The van der Waals surface area contributed by atoms with E-state index in [1.54, 1.807) is 24.3 Å². The van der Waals surface area contributed by atoms with Crippen LogP contribution in [0.5, 0.6) is 0 Å². The molecule has 384 valence electrons. The molecule has 12 heteroatoms. The van der Waals surface area contributed by atoms with Crippen LogP contribution in [0.1, 0.15) is 155 Å². The van der Waals surface area contributed by atoms with Gasteiger partial charge in [0.15, 0.2) is 16.6 Å². The molecule has 0 spiro atoms. The third kappa shape index (κ3) is 15.4. The van der Waals surface area contributed by atoms with Crippen LogP contribution in [0.4, 0.5) is 0 Å². The second-order valence-corrected chi connectivity index (χ2v) is 35.6. The Labute approximate surface area is 432 Å². The molecule has 0 aromatic heterocycles. The van der Waals surface area contributed by atoms with Gasteiger partial charge in [0, 0.05) is 38.4 Å². The molecule has 12 atom stereocenters. The molecule has 6 rings (SSSR count). The summed E-state index contributed by atoms with van der Waals surface area (Å²) in [5, 5.41) is 0. The first-order chi connectivity index (χ1) is 29.8. The van der Waals surface area contributed by atoms with Gasteiger partial charge in [-0.15, -0.1) is 0 Å². The number of hydrogen-bond acceptors (Lipinski definition) is 6. The largest absolute Gasteiger partial charge is 0.414 e. The number of benzene rings is 2. The molecule has 0 bridgehead atoms. The molecule has 0 amide bonds. The summed E-state index contributed by atoms with van der Waals surface area (Å²) in [5.41, 5.74) is 0.899. The molecule has 0 aliphatic heterocycles. The lowest BCUT2D eigenvalue weighted by Gasteiger charge is -2.49. The van der Waals surface area contributed by atoms with Gasteiger partial charge in [-0.3, -0.25) is 0 Å². The summed E-state index contributed by atoms with van der Waals surface area (Å²) in [6.07, 6.45) is 16.8. The van der Waals surface area contributed by atoms with E-state index in [-0.39, 0.29) is 28.3 Å². The van der Waals surface area contributed by atoms with Crippen LogP contribution in [0, 0.1) is 55.9 Å². The Kier molecular flexibility index (Phi) is 27.2. The van der Waals surface area contributed by atoms with E-state index in [0.29, 0.717) is 56.3 Å². The molecule has 0 heterocycles. The van der Waals surface area contributed by atoms with E-state index in [9.17, 15) is 8.42 Å². The predicted molar refractivity (Wildman–Crippen MR) is 308 cm³/mol. The van der Waals surface area contributed by atoms with Crippen molar-refractivity contribution in [3.8, 4) is 0 Å². The molecule has 4 saturated carbocycles. The van der Waals surface area contributed by atoms with E-state index in [1.807, 2.05) is 36.4 Å². The average Bonchev–Trinajstić information content (AvgIpc) is 3.85. The van der Waals surface area contributed by atoms with Gasteiger partial charge in [0.25, 0.3) is 0 Å². The standard InChI is InChI=1S/C26H45NO2SSi.C19H37IOSi.C7H9NOS.2CH4.H2S/c1-6-31(7-2,8-3)29-25-15-12-19-26(5)23(16-17-24(25)26)21(4)18-20-30(27,28)22-13-10-9-11-14-22;1-6-22(7-2,8-3)21-18-10-9-13-19(5)16(15(4)14-20)11-12-17(18)19;1-10(8,9)7-5-3-2-4-6-7;;;/h9-11,13-14,21,23-25,27H,6-8,12,15-20H2,1-5H3;15-18H,6-14H2,1-5H3;2-6,8H,1H3;2*1H4;1H2/t21-,23-,24+,25+,26-,30+;15-,16-,17+,18+,19-;10-;;;/m110.../s1. The highest BCUT2D eigenvalue weighted by Gasteiger charge is 2.55. The van der Waals surface area contributed by atoms with Gasteiger partial charge in [0.1, 0.15) is 0 Å². The van der Waals surface area contributed by atoms with E-state index in [4.69, 9.17) is 18.4 Å². The van der Waals surface area contributed by atoms with Crippen molar-refractivity contribution in [3.05, 3.63) is 60.7 Å². The smallest absolute Gasteiger partial charge is 0.192 e. The number of alkyl halides is 1. The van der Waals surface area contributed by atoms with Crippen molar-refractivity contribution in [1.82, 2.24) is 0 Å². The molecule has 66 heavy (non-hydrogen) atoms. The van der Waals surface area contributed by atoms with Gasteiger partial charge in [-0.2, -0.15) is 13.5 Å².